The summed E-state index contributed by atoms with van der Waals surface area (Å²) in [6.45, 7) is 0. The number of hydrogen-bond donors (Lipinski definition) is 2. The van der Waals surface area contributed by atoms with Gasteiger partial charge < -0.3 is 4.79 Å². The summed E-state index contributed by atoms with van der Waals surface area (Å²) in [5, 5.41) is 0. The molecule has 0 aliphatic carbocycles. The molecule has 0 aliphatic rings. The normalized spacial score (nSPS) is 7.17. The Bertz CT molecular complexity index is 38.5. The van der Waals surface area contributed by atoms with Crippen LogP contribution in [0.3, 0.4) is 0 Å². The van der Waals surface area contributed by atoms with Gasteiger partial charge in [0.2, 0.25) is 0 Å². The van der Waals surface area contributed by atoms with Crippen LogP contribution in [0.15, 0.2) is 0 Å². The first-order chi connectivity index (χ1) is 2.27. The minimum absolute atomic E-state index is 0. The first kappa shape index (κ1) is 10.3. The van der Waals surface area contributed by atoms with Gasteiger partial charge in [0.1, 0.15) is 6.29 Å². The molecule has 1 nitrogen and oxygen atoms in total. The summed E-state index contributed by atoms with van der Waals surface area (Å²) >= 11 is 7.19. The molecule has 0 heterocycles. The van der Waals surface area contributed by atoms with Crippen molar-refractivity contribution < 1.29 is 4.79 Å². The number of thiol groups is 2. The Morgan fingerprint density at radius 1 is 1.50 bits per heavy atom. The maximum absolute atomic E-state index is 9.35. The first-order valence-corrected chi connectivity index (χ1v) is 2.12. The van der Waals surface area contributed by atoms with Crippen LogP contribution < -0.4 is 0 Å². The summed E-state index contributed by atoms with van der Waals surface area (Å²) < 4.78 is -0.407. The van der Waals surface area contributed by atoms with E-state index in [1.807, 2.05) is 0 Å². The molecule has 0 amide bonds. The topological polar surface area (TPSA) is 17.1 Å². The predicted octanol–water partition coefficient (Wildman–Crippen LogP) is -0.813. The Hall–Kier alpha value is 1.25. The monoisotopic (exact) mass is 320 g/mol. The second kappa shape index (κ2) is 6.25. The molecule has 6 heavy (non-hydrogen) atoms. The molecule has 0 aromatic rings. The number of hydrogen-bond acceptors (Lipinski definition) is 3. The Labute approximate surface area is 66.8 Å². The van der Waals surface area contributed by atoms with E-state index in [0.717, 1.165) is 0 Å². The van der Waals surface area contributed by atoms with Gasteiger partial charge in [-0.1, -0.05) is 0 Å². The summed E-state index contributed by atoms with van der Waals surface area (Å²) in [6.07, 6.45) is 0.645. The summed E-state index contributed by atoms with van der Waals surface area (Å²) in [6, 6.07) is 0. The molecule has 0 unspecified atom stereocenters. The molecule has 0 N–H and O–H groups in total. The van der Waals surface area contributed by atoms with Crippen molar-refractivity contribution in [2.75, 3.05) is 0 Å². The van der Waals surface area contributed by atoms with E-state index in [4.69, 9.17) is 0 Å². The Balaban J connectivity index is 0. The van der Waals surface area contributed by atoms with Gasteiger partial charge in [-0.05, 0) is 0 Å². The molecule has 0 saturated carbocycles. The van der Waals surface area contributed by atoms with Gasteiger partial charge in [0.15, 0.2) is 0 Å². The molecule has 0 aromatic carbocycles. The average molecular weight is 320 g/mol. The van der Waals surface area contributed by atoms with E-state index in [1.54, 1.807) is 0 Å². The molecule has 0 fully saturated rings. The number of aldehydes is 1. The SMILES string of the molecule is O=CC(S)S.[BiH3]. The summed E-state index contributed by atoms with van der Waals surface area (Å²) in [4.78, 5) is 9.35. The van der Waals surface area contributed by atoms with Crippen molar-refractivity contribution in [1.29, 1.82) is 0 Å². The Kier molecular flexibility index (Phi) is 10.7. The van der Waals surface area contributed by atoms with Crippen LogP contribution >= 0.6 is 25.3 Å². The van der Waals surface area contributed by atoms with Gasteiger partial charge in [0, 0.05) is 0 Å². The van der Waals surface area contributed by atoms with Crippen LogP contribution in [0, 0.1) is 0 Å². The van der Waals surface area contributed by atoms with Crippen molar-refractivity contribution in [3.05, 3.63) is 0 Å². The molecule has 0 bridgehead atoms. The van der Waals surface area contributed by atoms with Gasteiger partial charge in [0.25, 0.3) is 0 Å². The fourth-order valence-electron chi connectivity index (χ4n) is 0. The maximum atomic E-state index is 9.35. The molecular weight excluding hydrogens is 313 g/mol. The molecule has 38 valence electrons. The third-order valence-corrected chi connectivity index (χ3v) is 0.365. The first-order valence-electron chi connectivity index (χ1n) is 1.09. The number of rotatable bonds is 1. The van der Waals surface area contributed by atoms with E-state index in [-0.39, 0.29) is 26.2 Å². The van der Waals surface area contributed by atoms with Crippen molar-refractivity contribution >= 4 is 57.7 Å². The summed E-state index contributed by atoms with van der Waals surface area (Å²) in [5.74, 6) is 0. The fraction of sp³-hybridized carbons (Fsp3) is 0.500. The minimum atomic E-state index is -0.407. The molecular formula is C2H7BiOS2. The van der Waals surface area contributed by atoms with Gasteiger partial charge in [-0.2, -0.15) is 25.3 Å². The quantitative estimate of drug-likeness (QED) is 0.280. The standard InChI is InChI=1S/C2H4OS2.Bi.3H/c3-1-2(4)5;;;;/h1-2,4-5H;;;;. The summed E-state index contributed by atoms with van der Waals surface area (Å²) in [7, 11) is 0. The molecule has 0 saturated heterocycles. The Morgan fingerprint density at radius 3 is 1.67 bits per heavy atom. The van der Waals surface area contributed by atoms with Crippen LogP contribution in [0.4, 0.5) is 0 Å². The zero-order valence-corrected chi connectivity index (χ0v) is 10.5. The molecule has 0 rings (SSSR count). The number of carbonyl (C=O) groups excluding carboxylic acids is 1. The van der Waals surface area contributed by atoms with E-state index in [1.165, 1.54) is 0 Å². The summed E-state index contributed by atoms with van der Waals surface area (Å²) in [5.41, 5.74) is 0. The second-order valence-corrected chi connectivity index (χ2v) is 2.07. The van der Waals surface area contributed by atoms with Gasteiger partial charge in [0.05, 0.1) is 4.58 Å². The molecule has 0 aromatic heterocycles. The van der Waals surface area contributed by atoms with Crippen molar-refractivity contribution in [3.63, 3.8) is 0 Å². The molecule has 0 spiro atoms. The van der Waals surface area contributed by atoms with Crippen LogP contribution in [0.5, 0.6) is 0 Å². The van der Waals surface area contributed by atoms with Gasteiger partial charge in [-0.15, -0.1) is 0 Å². The molecule has 0 aliphatic heterocycles. The van der Waals surface area contributed by atoms with Crippen LogP contribution in [-0.2, 0) is 4.79 Å². The van der Waals surface area contributed by atoms with E-state index < -0.39 is 4.58 Å². The van der Waals surface area contributed by atoms with Crippen molar-refractivity contribution in [1.82, 2.24) is 0 Å². The molecule has 0 radical (unpaired) electrons. The van der Waals surface area contributed by atoms with E-state index >= 15 is 0 Å². The zero-order chi connectivity index (χ0) is 4.28. The Morgan fingerprint density at radius 2 is 1.67 bits per heavy atom. The van der Waals surface area contributed by atoms with Crippen LogP contribution in [0.25, 0.3) is 0 Å². The van der Waals surface area contributed by atoms with Crippen molar-refractivity contribution in [3.8, 4) is 0 Å². The second-order valence-electron chi connectivity index (χ2n) is 0.550. The van der Waals surface area contributed by atoms with E-state index in [2.05, 4.69) is 25.3 Å². The van der Waals surface area contributed by atoms with Gasteiger partial charge in [-0.3, -0.25) is 0 Å². The molecule has 0 atom stereocenters. The average Bonchev–Trinajstić information content (AvgIpc) is 1.38. The third kappa shape index (κ3) is 8.98. The third-order valence-electron chi connectivity index (χ3n) is 0.122. The van der Waals surface area contributed by atoms with Crippen LogP contribution in [0.1, 0.15) is 0 Å². The van der Waals surface area contributed by atoms with Crippen LogP contribution in [0.2, 0.25) is 0 Å². The predicted molar refractivity (Wildman–Crippen MR) is 37.8 cm³/mol. The van der Waals surface area contributed by atoms with E-state index in [9.17, 15) is 4.79 Å². The molecule has 4 heteroatoms. The fourth-order valence-corrected chi connectivity index (χ4v) is 0. The van der Waals surface area contributed by atoms with Crippen molar-refractivity contribution in [2.24, 2.45) is 0 Å². The van der Waals surface area contributed by atoms with Crippen LogP contribution in [-0.4, -0.2) is 37.1 Å². The van der Waals surface area contributed by atoms with Gasteiger partial charge >= 0.3 is 26.2 Å². The zero-order valence-electron chi connectivity index (χ0n) is 3.16. The van der Waals surface area contributed by atoms with Crippen molar-refractivity contribution in [2.45, 2.75) is 4.58 Å². The van der Waals surface area contributed by atoms with Gasteiger partial charge in [-0.25, -0.2) is 0 Å². The van der Waals surface area contributed by atoms with E-state index in [0.29, 0.717) is 6.29 Å². The number of carbonyl (C=O) groups is 1.